The summed E-state index contributed by atoms with van der Waals surface area (Å²) in [6, 6.07) is -2.96. The van der Waals surface area contributed by atoms with E-state index in [9.17, 15) is 24.0 Å². The first-order valence-electron chi connectivity index (χ1n) is 11.6. The molecule has 200 valence electrons. The third-order valence-electron chi connectivity index (χ3n) is 4.93. The molecule has 3 atom stereocenters. The first-order chi connectivity index (χ1) is 16.9. The monoisotopic (exact) mass is 524 g/mol. The van der Waals surface area contributed by atoms with Crippen LogP contribution in [0.2, 0.25) is 0 Å². The maximum atomic E-state index is 13.2. The van der Waals surface area contributed by atoms with Crippen LogP contribution in [0.25, 0.3) is 0 Å². The predicted octanol–water partition coefficient (Wildman–Crippen LogP) is -0.835. The second kappa shape index (κ2) is 15.4. The Bertz CT molecular complexity index is 931. The Kier molecular flexibility index (Phi) is 13.1. The highest BCUT2D eigenvalue weighted by Crippen LogP contribution is 2.13. The van der Waals surface area contributed by atoms with Gasteiger partial charge >= 0.3 is 0 Å². The summed E-state index contributed by atoms with van der Waals surface area (Å²) < 4.78 is 0. The Morgan fingerprint density at radius 1 is 0.972 bits per heavy atom. The number of aliphatic imine (C=N–C) groups is 1. The van der Waals surface area contributed by atoms with Gasteiger partial charge in [-0.2, -0.15) is 0 Å². The van der Waals surface area contributed by atoms with Gasteiger partial charge in [-0.15, -0.1) is 11.3 Å². The van der Waals surface area contributed by atoms with Crippen LogP contribution in [0.4, 0.5) is 0 Å². The van der Waals surface area contributed by atoms with Gasteiger partial charge in [-0.3, -0.25) is 29.0 Å². The molecule has 0 unspecified atom stereocenters. The van der Waals surface area contributed by atoms with E-state index in [2.05, 4.69) is 25.9 Å². The van der Waals surface area contributed by atoms with Crippen LogP contribution < -0.4 is 33.2 Å². The van der Waals surface area contributed by atoms with Crippen LogP contribution in [0.5, 0.6) is 0 Å². The molecule has 0 aromatic carbocycles. The van der Waals surface area contributed by atoms with E-state index in [0.29, 0.717) is 6.42 Å². The fourth-order valence-corrected chi connectivity index (χ4v) is 3.95. The maximum Gasteiger partial charge on any atom is 0.243 e. The molecule has 36 heavy (non-hydrogen) atoms. The number of nitrogens with zero attached hydrogens (tertiary/aromatic N) is 2. The Balaban J connectivity index is 3.03. The number of Topliss-reactive ketones (excluding diaryl/α,β-unsaturated/α-hetero) is 1. The third kappa shape index (κ3) is 11.7. The number of nitrogens with one attached hydrogen (secondary N) is 3. The molecule has 0 spiro atoms. The van der Waals surface area contributed by atoms with Crippen molar-refractivity contribution in [2.45, 2.75) is 71.0 Å². The van der Waals surface area contributed by atoms with Gasteiger partial charge in [0.25, 0.3) is 0 Å². The van der Waals surface area contributed by atoms with Crippen LogP contribution in [-0.2, 0) is 19.2 Å². The normalized spacial score (nSPS) is 13.2. The highest BCUT2D eigenvalue weighted by molar-refractivity contribution is 7.11. The lowest BCUT2D eigenvalue weighted by molar-refractivity contribution is -0.132. The molecule has 0 bridgehead atoms. The highest BCUT2D eigenvalue weighted by atomic mass is 32.1. The molecule has 0 saturated heterocycles. The molecular formula is C22H36N8O5S. The molecule has 0 saturated carbocycles. The van der Waals surface area contributed by atoms with E-state index in [1.165, 1.54) is 13.1 Å². The molecule has 9 N–H and O–H groups in total. The van der Waals surface area contributed by atoms with Crippen molar-refractivity contribution >= 4 is 46.7 Å². The van der Waals surface area contributed by atoms with Crippen molar-refractivity contribution in [3.8, 4) is 0 Å². The summed E-state index contributed by atoms with van der Waals surface area (Å²) in [5.41, 5.74) is 15.9. The Labute approximate surface area is 214 Å². The number of amides is 4. The number of hydrogen-bond acceptors (Lipinski definition) is 8. The smallest absolute Gasteiger partial charge is 0.243 e. The van der Waals surface area contributed by atoms with Crippen molar-refractivity contribution in [3.63, 3.8) is 0 Å². The lowest BCUT2D eigenvalue weighted by Crippen LogP contribution is -2.56. The van der Waals surface area contributed by atoms with Crippen LogP contribution in [0.15, 0.2) is 16.6 Å². The van der Waals surface area contributed by atoms with Gasteiger partial charge in [0.1, 0.15) is 12.1 Å². The van der Waals surface area contributed by atoms with E-state index in [1.807, 2.05) is 13.8 Å². The van der Waals surface area contributed by atoms with Crippen LogP contribution in [0.1, 0.15) is 62.7 Å². The van der Waals surface area contributed by atoms with Gasteiger partial charge in [-0.25, -0.2) is 4.98 Å². The van der Waals surface area contributed by atoms with E-state index >= 15 is 0 Å². The summed E-state index contributed by atoms with van der Waals surface area (Å²) in [5, 5.41) is 9.73. The van der Waals surface area contributed by atoms with Gasteiger partial charge in [0.2, 0.25) is 29.4 Å². The van der Waals surface area contributed by atoms with Gasteiger partial charge < -0.3 is 33.2 Å². The van der Waals surface area contributed by atoms with Crippen LogP contribution in [0.3, 0.4) is 0 Å². The summed E-state index contributed by atoms with van der Waals surface area (Å²) in [6.07, 6.45) is 2.28. The minimum Gasteiger partial charge on any atom is -0.370 e. The number of carbonyl (C=O) groups excluding carboxylic acids is 5. The lowest BCUT2D eigenvalue weighted by Gasteiger charge is -2.25. The summed E-state index contributed by atoms with van der Waals surface area (Å²) in [5.74, 6) is -2.73. The summed E-state index contributed by atoms with van der Waals surface area (Å²) >= 11 is 1.15. The Morgan fingerprint density at radius 2 is 1.61 bits per heavy atom. The predicted molar refractivity (Wildman–Crippen MR) is 136 cm³/mol. The van der Waals surface area contributed by atoms with E-state index in [4.69, 9.17) is 17.2 Å². The standard InChI is InChI=1S/C22H36N8O5S/c1-12(2)11-16(30-19(34)15(28-13(3)31)6-7-17(23)32)20(35)29-14(5-4-8-27-22(24)25)18(33)21-26-9-10-36-21/h9-10,12,14-16H,4-8,11H2,1-3H3,(H2,23,32)(H,28,31)(H,29,35)(H,30,34)(H4,24,25,27)/t14-,15-,16-/m0/s1. The van der Waals surface area contributed by atoms with Crippen molar-refractivity contribution in [2.24, 2.45) is 28.1 Å². The number of ketones is 1. The molecule has 1 heterocycles. The molecule has 0 aliphatic rings. The van der Waals surface area contributed by atoms with Crippen LogP contribution >= 0.6 is 11.3 Å². The van der Waals surface area contributed by atoms with Gasteiger partial charge in [0.05, 0.1) is 6.04 Å². The molecule has 1 rings (SSSR count). The zero-order valence-electron chi connectivity index (χ0n) is 20.8. The summed E-state index contributed by atoms with van der Waals surface area (Å²) in [7, 11) is 0. The van der Waals surface area contributed by atoms with Crippen molar-refractivity contribution in [1.29, 1.82) is 0 Å². The quantitative estimate of drug-likeness (QED) is 0.0690. The maximum absolute atomic E-state index is 13.2. The SMILES string of the molecule is CC(=O)N[C@@H](CCC(N)=O)C(=O)N[C@@H](CC(C)C)C(=O)N[C@@H](CCCN=C(N)N)C(=O)c1nccs1. The van der Waals surface area contributed by atoms with Crippen molar-refractivity contribution in [1.82, 2.24) is 20.9 Å². The van der Waals surface area contributed by atoms with Gasteiger partial charge in [0, 0.05) is 31.5 Å². The van der Waals surface area contributed by atoms with Gasteiger partial charge in [-0.05, 0) is 31.6 Å². The zero-order chi connectivity index (χ0) is 27.3. The number of aromatic nitrogens is 1. The molecule has 1 aromatic heterocycles. The zero-order valence-corrected chi connectivity index (χ0v) is 21.6. The average molecular weight is 525 g/mol. The second-order valence-electron chi connectivity index (χ2n) is 8.66. The largest absolute Gasteiger partial charge is 0.370 e. The van der Waals surface area contributed by atoms with E-state index < -0.39 is 41.8 Å². The molecule has 0 fully saturated rings. The van der Waals surface area contributed by atoms with Crippen LogP contribution in [-0.4, -0.2) is 65.0 Å². The fourth-order valence-electron chi connectivity index (χ4n) is 3.31. The molecule has 0 radical (unpaired) electrons. The Morgan fingerprint density at radius 3 is 2.14 bits per heavy atom. The van der Waals surface area contributed by atoms with Crippen molar-refractivity contribution < 1.29 is 24.0 Å². The average Bonchev–Trinajstić information content (AvgIpc) is 3.31. The minimum absolute atomic E-state index is 0.0147. The van der Waals surface area contributed by atoms with Gasteiger partial charge in [-0.1, -0.05) is 13.8 Å². The second-order valence-corrected chi connectivity index (χ2v) is 9.55. The first kappa shape index (κ1) is 30.5. The topological polar surface area (TPSA) is 225 Å². The summed E-state index contributed by atoms with van der Waals surface area (Å²) in [4.78, 5) is 69.8. The van der Waals surface area contributed by atoms with Crippen molar-refractivity contribution in [2.75, 3.05) is 6.54 Å². The molecule has 13 nitrogen and oxygen atoms in total. The minimum atomic E-state index is -1.05. The number of nitrogens with two attached hydrogens (primary N) is 3. The molecular weight excluding hydrogens is 488 g/mol. The first-order valence-corrected chi connectivity index (χ1v) is 12.4. The van der Waals surface area contributed by atoms with E-state index in [1.54, 1.807) is 5.38 Å². The molecule has 1 aromatic rings. The number of primary amides is 1. The summed E-state index contributed by atoms with van der Waals surface area (Å²) in [6.45, 7) is 5.25. The Hall–Kier alpha value is -3.55. The molecule has 14 heteroatoms. The lowest BCUT2D eigenvalue weighted by atomic mass is 10.0. The fraction of sp³-hybridized carbons (Fsp3) is 0.591. The number of rotatable bonds is 16. The van der Waals surface area contributed by atoms with E-state index in [0.717, 1.165) is 11.3 Å². The number of hydrogen-bond donors (Lipinski definition) is 6. The number of thiazole rings is 1. The van der Waals surface area contributed by atoms with Crippen LogP contribution in [0, 0.1) is 5.92 Å². The van der Waals surface area contributed by atoms with Gasteiger partial charge in [0.15, 0.2) is 11.0 Å². The third-order valence-corrected chi connectivity index (χ3v) is 5.72. The highest BCUT2D eigenvalue weighted by Gasteiger charge is 2.30. The van der Waals surface area contributed by atoms with Crippen molar-refractivity contribution in [3.05, 3.63) is 16.6 Å². The molecule has 4 amide bonds. The van der Waals surface area contributed by atoms with E-state index in [-0.39, 0.29) is 54.9 Å². The molecule has 0 aliphatic carbocycles. The number of carbonyl (C=O) groups is 5. The molecule has 0 aliphatic heterocycles. The number of guanidine groups is 1.